The average molecular weight is 365 g/mol. The van der Waals surface area contributed by atoms with E-state index in [-0.39, 0.29) is 18.4 Å². The van der Waals surface area contributed by atoms with E-state index in [0.717, 1.165) is 0 Å². The highest BCUT2D eigenvalue weighted by atomic mass is 35.5. The first-order valence-electron chi connectivity index (χ1n) is 7.27. The molecule has 2 N–H and O–H groups in total. The van der Waals surface area contributed by atoms with Crippen LogP contribution in [-0.4, -0.2) is 29.5 Å². The van der Waals surface area contributed by atoms with E-state index in [1.807, 2.05) is 6.07 Å². The molecule has 1 aliphatic rings. The van der Waals surface area contributed by atoms with Crippen molar-refractivity contribution in [2.45, 2.75) is 12.5 Å². The SMILES string of the molecule is O=C(Nc1ccc(Cl)nc1)NC1CC(=O)N(c2ccccc2Cl)C1. The summed E-state index contributed by atoms with van der Waals surface area (Å²) in [7, 11) is 0. The van der Waals surface area contributed by atoms with Crippen molar-refractivity contribution in [2.75, 3.05) is 16.8 Å². The molecule has 1 aliphatic heterocycles. The van der Waals surface area contributed by atoms with Gasteiger partial charge in [-0.25, -0.2) is 9.78 Å². The van der Waals surface area contributed by atoms with Gasteiger partial charge in [0.25, 0.3) is 0 Å². The third kappa shape index (κ3) is 3.77. The van der Waals surface area contributed by atoms with E-state index in [1.165, 1.54) is 6.20 Å². The lowest BCUT2D eigenvalue weighted by atomic mass is 10.2. The average Bonchev–Trinajstić information content (AvgIpc) is 2.90. The number of aromatic nitrogens is 1. The lowest BCUT2D eigenvalue weighted by Gasteiger charge is -2.18. The lowest BCUT2D eigenvalue weighted by molar-refractivity contribution is -0.117. The molecule has 0 aliphatic carbocycles. The van der Waals surface area contributed by atoms with Crippen molar-refractivity contribution in [1.82, 2.24) is 10.3 Å². The number of halogens is 2. The molecule has 3 rings (SSSR count). The van der Waals surface area contributed by atoms with Crippen LogP contribution < -0.4 is 15.5 Å². The van der Waals surface area contributed by atoms with Crippen LogP contribution in [0.25, 0.3) is 0 Å². The third-order valence-corrected chi connectivity index (χ3v) is 4.13. The number of nitrogens with zero attached hydrogens (tertiary/aromatic N) is 2. The predicted molar refractivity (Wildman–Crippen MR) is 93.6 cm³/mol. The smallest absolute Gasteiger partial charge is 0.319 e. The second-order valence-electron chi connectivity index (χ2n) is 5.32. The molecule has 1 aromatic heterocycles. The molecule has 1 saturated heterocycles. The van der Waals surface area contributed by atoms with Gasteiger partial charge in [0.15, 0.2) is 0 Å². The van der Waals surface area contributed by atoms with Gasteiger partial charge in [-0.3, -0.25) is 4.79 Å². The van der Waals surface area contributed by atoms with Gasteiger partial charge in [-0.15, -0.1) is 0 Å². The first kappa shape index (κ1) is 16.5. The Labute approximate surface area is 148 Å². The maximum Gasteiger partial charge on any atom is 0.319 e. The fourth-order valence-electron chi connectivity index (χ4n) is 2.51. The van der Waals surface area contributed by atoms with E-state index < -0.39 is 6.03 Å². The molecule has 0 radical (unpaired) electrons. The number of rotatable bonds is 3. The molecule has 0 saturated carbocycles. The monoisotopic (exact) mass is 364 g/mol. The van der Waals surface area contributed by atoms with Crippen molar-refractivity contribution in [3.05, 3.63) is 52.8 Å². The van der Waals surface area contributed by atoms with Gasteiger partial charge in [-0.05, 0) is 24.3 Å². The first-order chi connectivity index (χ1) is 11.5. The van der Waals surface area contributed by atoms with Crippen LogP contribution >= 0.6 is 23.2 Å². The topological polar surface area (TPSA) is 74.3 Å². The van der Waals surface area contributed by atoms with Crippen molar-refractivity contribution < 1.29 is 9.59 Å². The van der Waals surface area contributed by atoms with Crippen molar-refractivity contribution in [1.29, 1.82) is 0 Å². The number of carbonyl (C=O) groups is 2. The zero-order chi connectivity index (χ0) is 17.1. The number of urea groups is 1. The molecule has 8 heteroatoms. The molecule has 3 amide bonds. The number of anilines is 2. The summed E-state index contributed by atoms with van der Waals surface area (Å²) < 4.78 is 0. The molecule has 2 heterocycles. The highest BCUT2D eigenvalue weighted by Crippen LogP contribution is 2.28. The van der Waals surface area contributed by atoms with Gasteiger partial charge in [-0.1, -0.05) is 35.3 Å². The summed E-state index contributed by atoms with van der Waals surface area (Å²) in [5, 5.41) is 6.27. The molecule has 1 fully saturated rings. The summed E-state index contributed by atoms with van der Waals surface area (Å²) in [5.74, 6) is -0.0819. The molecule has 2 aromatic rings. The first-order valence-corrected chi connectivity index (χ1v) is 8.02. The molecule has 0 bridgehead atoms. The van der Waals surface area contributed by atoms with E-state index in [9.17, 15) is 9.59 Å². The summed E-state index contributed by atoms with van der Waals surface area (Å²) in [6.07, 6.45) is 1.68. The summed E-state index contributed by atoms with van der Waals surface area (Å²) in [6.45, 7) is 0.370. The second-order valence-corrected chi connectivity index (χ2v) is 6.12. The summed E-state index contributed by atoms with van der Waals surface area (Å²) in [4.78, 5) is 29.7. The number of para-hydroxylation sites is 1. The number of amides is 3. The molecule has 1 unspecified atom stereocenters. The van der Waals surface area contributed by atoms with Crippen LogP contribution in [0.3, 0.4) is 0 Å². The van der Waals surface area contributed by atoms with E-state index in [1.54, 1.807) is 35.2 Å². The minimum Gasteiger partial charge on any atom is -0.333 e. The Kier molecular flexibility index (Phi) is 4.87. The molecular weight excluding hydrogens is 351 g/mol. The van der Waals surface area contributed by atoms with E-state index >= 15 is 0 Å². The molecule has 6 nitrogen and oxygen atoms in total. The Balaban J connectivity index is 1.61. The Bertz CT molecular complexity index is 767. The molecule has 24 heavy (non-hydrogen) atoms. The molecule has 124 valence electrons. The number of nitrogens with one attached hydrogen (secondary N) is 2. The number of carbonyl (C=O) groups excluding carboxylic acids is 2. The Morgan fingerprint density at radius 1 is 1.21 bits per heavy atom. The maximum atomic E-state index is 12.2. The second kappa shape index (κ2) is 7.07. The normalized spacial score (nSPS) is 17.0. The van der Waals surface area contributed by atoms with E-state index in [4.69, 9.17) is 23.2 Å². The standard InChI is InChI=1S/C16H14Cl2N4O2/c17-12-3-1-2-4-13(12)22-9-11(7-15(22)23)21-16(24)20-10-5-6-14(18)19-8-10/h1-6,8,11H,7,9H2,(H2,20,21,24). The third-order valence-electron chi connectivity index (χ3n) is 3.59. The summed E-state index contributed by atoms with van der Waals surface area (Å²) >= 11 is 11.8. The summed E-state index contributed by atoms with van der Waals surface area (Å²) in [5.41, 5.74) is 1.17. The number of benzene rings is 1. The number of pyridine rings is 1. The van der Waals surface area contributed by atoms with Crippen LogP contribution in [-0.2, 0) is 4.79 Å². The molecular formula is C16H14Cl2N4O2. The van der Waals surface area contributed by atoms with Crippen LogP contribution in [0, 0.1) is 0 Å². The van der Waals surface area contributed by atoms with Crippen LogP contribution in [0.4, 0.5) is 16.2 Å². The maximum absolute atomic E-state index is 12.2. The molecule has 1 atom stereocenters. The number of hydrogen-bond acceptors (Lipinski definition) is 3. The van der Waals surface area contributed by atoms with Gasteiger partial charge < -0.3 is 15.5 Å². The fourth-order valence-corrected chi connectivity index (χ4v) is 2.86. The lowest BCUT2D eigenvalue weighted by Crippen LogP contribution is -2.39. The minimum atomic E-state index is -0.405. The zero-order valence-electron chi connectivity index (χ0n) is 12.5. The predicted octanol–water partition coefficient (Wildman–Crippen LogP) is 3.32. The van der Waals surface area contributed by atoms with Gasteiger partial charge in [-0.2, -0.15) is 0 Å². The Morgan fingerprint density at radius 2 is 2.00 bits per heavy atom. The van der Waals surface area contributed by atoms with E-state index in [2.05, 4.69) is 15.6 Å². The van der Waals surface area contributed by atoms with Crippen LogP contribution in [0.1, 0.15) is 6.42 Å². The number of hydrogen-bond donors (Lipinski definition) is 2. The van der Waals surface area contributed by atoms with Crippen molar-refractivity contribution in [3.8, 4) is 0 Å². The minimum absolute atomic E-state index is 0.0819. The van der Waals surface area contributed by atoms with Crippen molar-refractivity contribution in [3.63, 3.8) is 0 Å². The molecule has 0 spiro atoms. The highest BCUT2D eigenvalue weighted by molar-refractivity contribution is 6.33. The zero-order valence-corrected chi connectivity index (χ0v) is 14.0. The van der Waals surface area contributed by atoms with Crippen LogP contribution in [0.2, 0.25) is 10.2 Å². The largest absolute Gasteiger partial charge is 0.333 e. The van der Waals surface area contributed by atoms with Gasteiger partial charge in [0.05, 0.1) is 28.6 Å². The Morgan fingerprint density at radius 3 is 2.71 bits per heavy atom. The van der Waals surface area contributed by atoms with Crippen molar-refractivity contribution in [2.24, 2.45) is 0 Å². The Hall–Kier alpha value is -2.31. The molecule has 1 aromatic carbocycles. The van der Waals surface area contributed by atoms with Crippen LogP contribution in [0.5, 0.6) is 0 Å². The summed E-state index contributed by atoms with van der Waals surface area (Å²) in [6, 6.07) is 9.64. The van der Waals surface area contributed by atoms with Gasteiger partial charge >= 0.3 is 6.03 Å². The highest BCUT2D eigenvalue weighted by Gasteiger charge is 2.32. The van der Waals surface area contributed by atoms with Crippen LogP contribution in [0.15, 0.2) is 42.6 Å². The fraction of sp³-hybridized carbons (Fsp3) is 0.188. The van der Waals surface area contributed by atoms with Gasteiger partial charge in [0, 0.05) is 13.0 Å². The van der Waals surface area contributed by atoms with Crippen molar-refractivity contribution >= 4 is 46.5 Å². The van der Waals surface area contributed by atoms with Gasteiger partial charge in [0.1, 0.15) is 5.15 Å². The van der Waals surface area contributed by atoms with Gasteiger partial charge in [0.2, 0.25) is 5.91 Å². The van der Waals surface area contributed by atoms with E-state index in [0.29, 0.717) is 28.1 Å². The quantitative estimate of drug-likeness (QED) is 0.820.